The second-order valence-electron chi connectivity index (χ2n) is 11.0. The maximum atomic E-state index is 13.3. The average molecular weight is 499 g/mol. The highest BCUT2D eigenvalue weighted by atomic mass is 16.1. The van der Waals surface area contributed by atoms with E-state index in [9.17, 15) is 4.79 Å². The van der Waals surface area contributed by atoms with Crippen LogP contribution in [0.15, 0.2) is 53.3 Å². The second-order valence-corrected chi connectivity index (χ2v) is 11.0. The fourth-order valence-corrected chi connectivity index (χ4v) is 5.91. The number of fused-ring (bicyclic) bond motifs is 1. The van der Waals surface area contributed by atoms with Crippen LogP contribution in [0.2, 0.25) is 0 Å². The van der Waals surface area contributed by atoms with Crippen LogP contribution in [-0.4, -0.2) is 36.6 Å². The zero-order valence-electron chi connectivity index (χ0n) is 22.4. The molecule has 0 amide bonds. The van der Waals surface area contributed by atoms with Crippen LogP contribution in [0.4, 0.5) is 0 Å². The van der Waals surface area contributed by atoms with Crippen LogP contribution >= 0.6 is 0 Å². The van der Waals surface area contributed by atoms with E-state index in [1.165, 1.54) is 24.0 Å². The Balaban J connectivity index is 1.53. The maximum Gasteiger partial charge on any atom is 0.252 e. The molecule has 194 valence electrons. The van der Waals surface area contributed by atoms with E-state index in [0.717, 1.165) is 53.7 Å². The second kappa shape index (κ2) is 11.0. The van der Waals surface area contributed by atoms with E-state index >= 15 is 0 Å². The monoisotopic (exact) mass is 498 g/mol. The number of aromatic amines is 1. The number of hydrogen-bond acceptors (Lipinski definition) is 5. The van der Waals surface area contributed by atoms with Crippen molar-refractivity contribution >= 4 is 10.9 Å². The molecule has 2 heterocycles. The Bertz CT molecular complexity index is 1420. The van der Waals surface area contributed by atoms with Crippen molar-refractivity contribution in [3.8, 4) is 0 Å². The van der Waals surface area contributed by atoms with Gasteiger partial charge in [-0.1, -0.05) is 74.7 Å². The number of pyridine rings is 1. The third-order valence-corrected chi connectivity index (χ3v) is 7.79. The van der Waals surface area contributed by atoms with Crippen molar-refractivity contribution < 1.29 is 0 Å². The molecule has 1 fully saturated rings. The molecule has 4 aromatic rings. The first-order valence-electron chi connectivity index (χ1n) is 13.6. The molecule has 1 aliphatic rings. The van der Waals surface area contributed by atoms with Gasteiger partial charge in [0.05, 0.1) is 17.6 Å². The number of tetrazole rings is 1. The summed E-state index contributed by atoms with van der Waals surface area (Å²) in [6.07, 6.45) is 5.57. The number of rotatable bonds is 9. The third kappa shape index (κ3) is 5.52. The number of para-hydroxylation sites is 1. The molecular formula is C30H38N6O. The maximum absolute atomic E-state index is 13.3. The van der Waals surface area contributed by atoms with Gasteiger partial charge in [0.15, 0.2) is 5.82 Å². The van der Waals surface area contributed by atoms with Crippen molar-refractivity contribution in [2.24, 2.45) is 5.92 Å². The van der Waals surface area contributed by atoms with Crippen LogP contribution in [0.3, 0.4) is 0 Å². The smallest absolute Gasteiger partial charge is 0.252 e. The number of aryl methyl sites for hydroxylation is 2. The fourth-order valence-electron chi connectivity index (χ4n) is 5.91. The number of H-pyrrole nitrogens is 1. The highest BCUT2D eigenvalue weighted by molar-refractivity contribution is 5.81. The highest BCUT2D eigenvalue weighted by Gasteiger charge is 2.32. The molecule has 1 aliphatic carbocycles. The number of nitrogens with one attached hydrogen (secondary N) is 1. The number of aromatic nitrogens is 5. The normalized spacial score (nSPS) is 15.3. The van der Waals surface area contributed by atoms with E-state index in [4.69, 9.17) is 0 Å². The van der Waals surface area contributed by atoms with Crippen LogP contribution in [0.5, 0.6) is 0 Å². The summed E-state index contributed by atoms with van der Waals surface area (Å²) in [5.74, 6) is 1.18. The van der Waals surface area contributed by atoms with Crippen LogP contribution in [0, 0.1) is 19.8 Å². The van der Waals surface area contributed by atoms with Crippen LogP contribution in [0.1, 0.15) is 79.7 Å². The summed E-state index contributed by atoms with van der Waals surface area (Å²) >= 11 is 0. The van der Waals surface area contributed by atoms with Gasteiger partial charge in [-0.05, 0) is 72.0 Å². The largest absolute Gasteiger partial charge is 0.321 e. The molecule has 1 saturated carbocycles. The first-order chi connectivity index (χ1) is 17.9. The Morgan fingerprint density at radius 2 is 1.86 bits per heavy atom. The molecule has 7 nitrogen and oxygen atoms in total. The quantitative estimate of drug-likeness (QED) is 0.321. The Kier molecular flexibility index (Phi) is 7.51. The third-order valence-electron chi connectivity index (χ3n) is 7.79. The first kappa shape index (κ1) is 25.3. The summed E-state index contributed by atoms with van der Waals surface area (Å²) in [6.45, 7) is 9.95. The van der Waals surface area contributed by atoms with Crippen LogP contribution in [0.25, 0.3) is 10.9 Å². The van der Waals surface area contributed by atoms with Crippen LogP contribution in [-0.2, 0) is 13.0 Å². The van der Waals surface area contributed by atoms with Gasteiger partial charge in [-0.15, -0.1) is 5.10 Å². The minimum atomic E-state index is -0.0275. The lowest BCUT2D eigenvalue weighted by atomic mass is 9.98. The molecule has 37 heavy (non-hydrogen) atoms. The van der Waals surface area contributed by atoms with E-state index in [2.05, 4.69) is 87.3 Å². The topological polar surface area (TPSA) is 79.7 Å². The molecule has 2 aromatic carbocycles. The minimum absolute atomic E-state index is 0.00647. The Morgan fingerprint density at radius 1 is 1.08 bits per heavy atom. The van der Waals surface area contributed by atoms with Gasteiger partial charge in [0.1, 0.15) is 0 Å². The predicted molar refractivity (Wildman–Crippen MR) is 147 cm³/mol. The van der Waals surface area contributed by atoms with Gasteiger partial charge < -0.3 is 4.98 Å². The molecular weight excluding hydrogens is 460 g/mol. The molecule has 0 bridgehead atoms. The molecule has 0 radical (unpaired) electrons. The van der Waals surface area contributed by atoms with E-state index in [0.29, 0.717) is 12.6 Å². The Hall–Kier alpha value is -3.32. The number of benzene rings is 2. The van der Waals surface area contributed by atoms with E-state index in [1.54, 1.807) is 0 Å². The lowest BCUT2D eigenvalue weighted by Crippen LogP contribution is -2.37. The molecule has 2 aromatic heterocycles. The van der Waals surface area contributed by atoms with E-state index < -0.39 is 0 Å². The predicted octanol–water partition coefficient (Wildman–Crippen LogP) is 5.69. The first-order valence-corrected chi connectivity index (χ1v) is 13.6. The van der Waals surface area contributed by atoms with Crippen molar-refractivity contribution in [2.75, 3.05) is 6.54 Å². The van der Waals surface area contributed by atoms with E-state index in [-0.39, 0.29) is 17.5 Å². The van der Waals surface area contributed by atoms with Crippen molar-refractivity contribution in [3.63, 3.8) is 0 Å². The summed E-state index contributed by atoms with van der Waals surface area (Å²) in [6, 6.07) is 17.2. The zero-order chi connectivity index (χ0) is 25.9. The average Bonchev–Trinajstić information content (AvgIpc) is 3.56. The van der Waals surface area contributed by atoms with Crippen molar-refractivity contribution in [1.82, 2.24) is 30.1 Å². The molecule has 7 heteroatoms. The Labute approximate surface area is 218 Å². The van der Waals surface area contributed by atoms with Crippen molar-refractivity contribution in [1.29, 1.82) is 0 Å². The van der Waals surface area contributed by atoms with Crippen LogP contribution < -0.4 is 5.56 Å². The summed E-state index contributed by atoms with van der Waals surface area (Å²) in [4.78, 5) is 18.8. The molecule has 0 saturated heterocycles. The van der Waals surface area contributed by atoms with Crippen molar-refractivity contribution in [2.45, 2.75) is 78.4 Å². The van der Waals surface area contributed by atoms with Gasteiger partial charge in [0.25, 0.3) is 5.56 Å². The number of nitrogens with zero attached hydrogens (tertiary/aromatic N) is 5. The van der Waals surface area contributed by atoms with Gasteiger partial charge in [-0.2, -0.15) is 0 Å². The minimum Gasteiger partial charge on any atom is -0.321 e. The standard InChI is InChI=1S/C30H38N6O/c1-20(2)28(29-32-33-34-36(29)26-13-5-6-14-26)35(16-15-23-11-7-9-21(3)17-23)19-25-18-24-12-8-10-22(4)27(24)31-30(25)37/h7-12,17-18,20,26,28H,5-6,13-16,19H2,1-4H3,(H,31,37). The lowest BCUT2D eigenvalue weighted by Gasteiger charge is -2.34. The van der Waals surface area contributed by atoms with Gasteiger partial charge in [-0.3, -0.25) is 9.69 Å². The molecule has 1 atom stereocenters. The highest BCUT2D eigenvalue weighted by Crippen LogP contribution is 2.34. The summed E-state index contributed by atoms with van der Waals surface area (Å²) in [7, 11) is 0. The van der Waals surface area contributed by atoms with Gasteiger partial charge >= 0.3 is 0 Å². The van der Waals surface area contributed by atoms with E-state index in [1.807, 2.05) is 19.1 Å². The summed E-state index contributed by atoms with van der Waals surface area (Å²) < 4.78 is 2.07. The lowest BCUT2D eigenvalue weighted by molar-refractivity contribution is 0.133. The fraction of sp³-hybridized carbons (Fsp3) is 0.467. The van der Waals surface area contributed by atoms with Gasteiger partial charge in [0, 0.05) is 18.7 Å². The molecule has 0 spiro atoms. The molecule has 1 unspecified atom stereocenters. The number of hydrogen-bond donors (Lipinski definition) is 1. The molecule has 1 N–H and O–H groups in total. The van der Waals surface area contributed by atoms with Crippen molar-refractivity contribution in [3.05, 3.63) is 87.0 Å². The van der Waals surface area contributed by atoms with Gasteiger partial charge in [-0.25, -0.2) is 4.68 Å². The Morgan fingerprint density at radius 3 is 2.62 bits per heavy atom. The van der Waals surface area contributed by atoms with Gasteiger partial charge in [0.2, 0.25) is 0 Å². The summed E-state index contributed by atoms with van der Waals surface area (Å²) in [5.41, 5.74) is 5.29. The zero-order valence-corrected chi connectivity index (χ0v) is 22.4. The molecule has 5 rings (SSSR count). The molecule has 0 aliphatic heterocycles. The summed E-state index contributed by atoms with van der Waals surface area (Å²) in [5, 5.41) is 14.2. The SMILES string of the molecule is Cc1cccc(CCN(Cc2cc3cccc(C)c3[nH]c2=O)C(c2nnnn2C2CCCC2)C(C)C)c1.